The Kier molecular flexibility index (Phi) is 6.72. The number of rotatable bonds is 8. The molecule has 33 heavy (non-hydrogen) atoms. The van der Waals surface area contributed by atoms with Crippen molar-refractivity contribution in [3.05, 3.63) is 71.8 Å². The van der Waals surface area contributed by atoms with E-state index in [-0.39, 0.29) is 24.0 Å². The Morgan fingerprint density at radius 3 is 2.79 bits per heavy atom. The number of nitrogens with zero attached hydrogens (tertiary/aromatic N) is 2. The molecule has 1 unspecified atom stereocenters. The monoisotopic (exact) mass is 447 g/mol. The summed E-state index contributed by atoms with van der Waals surface area (Å²) in [5, 5.41) is 3.23. The van der Waals surface area contributed by atoms with E-state index >= 15 is 0 Å². The number of aromatic nitrogens is 2. The van der Waals surface area contributed by atoms with Gasteiger partial charge in [-0.15, -0.1) is 0 Å². The molecule has 0 saturated heterocycles. The van der Waals surface area contributed by atoms with E-state index in [0.29, 0.717) is 13.0 Å². The van der Waals surface area contributed by atoms with Crippen molar-refractivity contribution in [1.29, 1.82) is 0 Å². The van der Waals surface area contributed by atoms with Gasteiger partial charge in [0, 0.05) is 36.6 Å². The maximum Gasteiger partial charge on any atom is 0.231 e. The summed E-state index contributed by atoms with van der Waals surface area (Å²) in [5.74, 6) is 1.62. The Morgan fingerprint density at radius 2 is 2.06 bits per heavy atom. The van der Waals surface area contributed by atoms with Gasteiger partial charge in [0.25, 0.3) is 0 Å². The van der Waals surface area contributed by atoms with Crippen LogP contribution in [0.2, 0.25) is 0 Å². The second-order valence-corrected chi connectivity index (χ2v) is 9.68. The Balaban J connectivity index is 1.56. The minimum absolute atomic E-state index is 0.00949. The first-order chi connectivity index (χ1) is 15.8. The van der Waals surface area contributed by atoms with E-state index in [1.165, 1.54) is 0 Å². The Bertz CT molecular complexity index is 1100. The van der Waals surface area contributed by atoms with E-state index in [4.69, 9.17) is 9.47 Å². The zero-order valence-electron chi connectivity index (χ0n) is 19.9. The largest absolute Gasteiger partial charge is 0.454 e. The number of carbonyl (C=O) groups is 1. The maximum atomic E-state index is 13.3. The number of carbonyl (C=O) groups excluding carboxylic acids is 1. The molecular weight excluding hydrogens is 414 g/mol. The lowest BCUT2D eigenvalue weighted by molar-refractivity contribution is -0.116. The normalized spacial score (nSPS) is 13.7. The fourth-order valence-electron chi connectivity index (χ4n) is 4.45. The fraction of sp³-hybridized carbons (Fsp3) is 0.407. The summed E-state index contributed by atoms with van der Waals surface area (Å²) in [6, 6.07) is 12.3. The van der Waals surface area contributed by atoms with Gasteiger partial charge in [0.05, 0.1) is 6.33 Å². The van der Waals surface area contributed by atoms with Crippen LogP contribution in [0, 0.1) is 0 Å². The molecule has 0 saturated carbocycles. The summed E-state index contributed by atoms with van der Waals surface area (Å²) >= 11 is 0. The summed E-state index contributed by atoms with van der Waals surface area (Å²) in [4.78, 5) is 17.4. The van der Waals surface area contributed by atoms with Crippen LogP contribution in [0.5, 0.6) is 11.5 Å². The van der Waals surface area contributed by atoms with E-state index in [1.807, 2.05) is 29.0 Å². The summed E-state index contributed by atoms with van der Waals surface area (Å²) in [5.41, 5.74) is 4.07. The molecule has 174 valence electrons. The average molecular weight is 448 g/mol. The lowest BCUT2D eigenvalue weighted by atomic mass is 9.85. The number of hydrogen-bond acceptors (Lipinski definition) is 4. The molecule has 1 amide bonds. The second kappa shape index (κ2) is 9.69. The molecule has 1 aromatic heterocycles. The first-order valence-corrected chi connectivity index (χ1v) is 11.6. The molecule has 0 spiro atoms. The lowest BCUT2D eigenvalue weighted by Gasteiger charge is -2.25. The molecule has 6 nitrogen and oxygen atoms in total. The minimum Gasteiger partial charge on any atom is -0.454 e. The number of ether oxygens (including phenoxy) is 2. The van der Waals surface area contributed by atoms with Gasteiger partial charge in [0.15, 0.2) is 11.5 Å². The molecule has 1 aliphatic rings. The summed E-state index contributed by atoms with van der Waals surface area (Å²) in [6.45, 7) is 9.58. The highest BCUT2D eigenvalue weighted by molar-refractivity contribution is 5.92. The van der Waals surface area contributed by atoms with Crippen LogP contribution in [-0.4, -0.2) is 22.3 Å². The molecule has 1 atom stereocenters. The molecule has 0 fully saturated rings. The molecule has 6 heteroatoms. The highest BCUT2D eigenvalue weighted by atomic mass is 16.7. The predicted molar refractivity (Wildman–Crippen MR) is 130 cm³/mol. The number of imidazole rings is 1. The van der Waals surface area contributed by atoms with Crippen molar-refractivity contribution in [2.45, 2.75) is 64.8 Å². The number of para-hydroxylation sites is 1. The number of nitrogens with one attached hydrogen (secondary N) is 1. The van der Waals surface area contributed by atoms with Crippen LogP contribution in [0.15, 0.2) is 55.1 Å². The number of amides is 1. The highest BCUT2D eigenvalue weighted by Gasteiger charge is 2.26. The Hall–Kier alpha value is -3.28. The van der Waals surface area contributed by atoms with E-state index < -0.39 is 0 Å². The van der Waals surface area contributed by atoms with Crippen molar-refractivity contribution in [3.63, 3.8) is 0 Å². The third-order valence-electron chi connectivity index (χ3n) is 6.03. The third-order valence-corrected chi connectivity index (χ3v) is 6.03. The Labute approximate surface area is 195 Å². The van der Waals surface area contributed by atoms with E-state index in [9.17, 15) is 4.79 Å². The van der Waals surface area contributed by atoms with Crippen molar-refractivity contribution >= 4 is 11.6 Å². The second-order valence-electron chi connectivity index (χ2n) is 9.68. The topological polar surface area (TPSA) is 65.4 Å². The molecule has 2 heterocycles. The van der Waals surface area contributed by atoms with Gasteiger partial charge in [-0.2, -0.15) is 0 Å². The van der Waals surface area contributed by atoms with Crippen molar-refractivity contribution in [2.75, 3.05) is 12.1 Å². The summed E-state index contributed by atoms with van der Waals surface area (Å²) in [7, 11) is 0. The van der Waals surface area contributed by atoms with Crippen LogP contribution in [-0.2, 0) is 16.8 Å². The molecule has 1 aliphatic heterocycles. The van der Waals surface area contributed by atoms with Gasteiger partial charge in [0.1, 0.15) is 0 Å². The SMILES string of the molecule is CCCC(CC(=O)Nc1cc(Cn2ccnc2)ccc1C(C)(C)C)c1cccc2c1OCO2. The van der Waals surface area contributed by atoms with Gasteiger partial charge in [-0.1, -0.05) is 58.4 Å². The number of hydrogen-bond donors (Lipinski definition) is 1. The van der Waals surface area contributed by atoms with Crippen LogP contribution in [0.1, 0.15) is 69.6 Å². The first-order valence-electron chi connectivity index (χ1n) is 11.6. The van der Waals surface area contributed by atoms with E-state index in [1.54, 1.807) is 12.5 Å². The van der Waals surface area contributed by atoms with Gasteiger partial charge in [0.2, 0.25) is 12.7 Å². The van der Waals surface area contributed by atoms with Crippen molar-refractivity contribution in [1.82, 2.24) is 9.55 Å². The minimum atomic E-state index is -0.0929. The first kappa shape index (κ1) is 22.9. The number of benzene rings is 2. The smallest absolute Gasteiger partial charge is 0.231 e. The number of anilines is 1. The molecule has 3 aromatic rings. The molecule has 2 aromatic carbocycles. The Morgan fingerprint density at radius 1 is 1.21 bits per heavy atom. The quantitative estimate of drug-likeness (QED) is 0.469. The zero-order valence-corrected chi connectivity index (χ0v) is 19.9. The molecule has 0 aliphatic carbocycles. The maximum absolute atomic E-state index is 13.3. The molecule has 4 rings (SSSR count). The fourth-order valence-corrected chi connectivity index (χ4v) is 4.45. The molecule has 0 bridgehead atoms. The van der Waals surface area contributed by atoms with Crippen LogP contribution in [0.4, 0.5) is 5.69 Å². The van der Waals surface area contributed by atoms with Crippen LogP contribution >= 0.6 is 0 Å². The van der Waals surface area contributed by atoms with Crippen LogP contribution < -0.4 is 14.8 Å². The van der Waals surface area contributed by atoms with Gasteiger partial charge >= 0.3 is 0 Å². The van der Waals surface area contributed by atoms with Crippen molar-refractivity contribution in [3.8, 4) is 11.5 Å². The molecule has 0 radical (unpaired) electrons. The summed E-state index contributed by atoms with van der Waals surface area (Å²) < 4.78 is 13.3. The third kappa shape index (κ3) is 5.38. The van der Waals surface area contributed by atoms with Crippen LogP contribution in [0.25, 0.3) is 0 Å². The molecular formula is C27H33N3O3. The predicted octanol–water partition coefficient (Wildman–Crippen LogP) is 5.87. The molecule has 1 N–H and O–H groups in total. The van der Waals surface area contributed by atoms with Gasteiger partial charge in [-0.3, -0.25) is 4.79 Å². The van der Waals surface area contributed by atoms with Crippen molar-refractivity contribution in [2.24, 2.45) is 0 Å². The van der Waals surface area contributed by atoms with Gasteiger partial charge < -0.3 is 19.4 Å². The zero-order chi connectivity index (χ0) is 23.4. The van der Waals surface area contributed by atoms with Gasteiger partial charge in [-0.05, 0) is 41.0 Å². The van der Waals surface area contributed by atoms with E-state index in [0.717, 1.165) is 46.7 Å². The van der Waals surface area contributed by atoms with Crippen molar-refractivity contribution < 1.29 is 14.3 Å². The highest BCUT2D eigenvalue weighted by Crippen LogP contribution is 2.42. The number of fused-ring (bicyclic) bond motifs is 1. The van der Waals surface area contributed by atoms with Crippen LogP contribution in [0.3, 0.4) is 0 Å². The standard InChI is InChI=1S/C27H33N3O3/c1-5-7-20(21-8-6-9-24-26(21)33-18-32-24)15-25(31)29-23-14-19(16-30-13-12-28-17-30)10-11-22(23)27(2,3)4/h6,8-14,17,20H,5,7,15-16,18H2,1-4H3,(H,29,31). The average Bonchev–Trinajstić information content (AvgIpc) is 3.44. The van der Waals surface area contributed by atoms with E-state index in [2.05, 4.69) is 56.2 Å². The summed E-state index contributed by atoms with van der Waals surface area (Å²) in [6.07, 6.45) is 7.79. The van der Waals surface area contributed by atoms with Gasteiger partial charge in [-0.25, -0.2) is 4.98 Å². The lowest BCUT2D eigenvalue weighted by Crippen LogP contribution is -2.21.